The number of benzene rings is 1. The van der Waals surface area contributed by atoms with E-state index in [-0.39, 0.29) is 17.6 Å². The zero-order chi connectivity index (χ0) is 13.8. The lowest BCUT2D eigenvalue weighted by atomic mass is 10.1. The summed E-state index contributed by atoms with van der Waals surface area (Å²) in [4.78, 5) is 1.20. The van der Waals surface area contributed by atoms with E-state index in [9.17, 15) is 9.50 Å². The lowest BCUT2D eigenvalue weighted by molar-refractivity contribution is 0.464. The van der Waals surface area contributed by atoms with Crippen molar-refractivity contribution in [2.45, 2.75) is 19.4 Å². The van der Waals surface area contributed by atoms with Crippen molar-refractivity contribution in [3.05, 3.63) is 50.9 Å². The fourth-order valence-corrected chi connectivity index (χ4v) is 2.96. The quantitative estimate of drug-likeness (QED) is 0.869. The maximum atomic E-state index is 13.6. The highest BCUT2D eigenvalue weighted by atomic mass is 35.5. The maximum Gasteiger partial charge on any atom is 0.131 e. The summed E-state index contributed by atoms with van der Waals surface area (Å²) in [6, 6.07) is 8.01. The topological polar surface area (TPSA) is 32.3 Å². The number of hydrogen-bond donors (Lipinski definition) is 2. The first-order chi connectivity index (χ1) is 9.06. The largest absolute Gasteiger partial charge is 0.508 e. The van der Waals surface area contributed by atoms with Gasteiger partial charge in [-0.2, -0.15) is 0 Å². The summed E-state index contributed by atoms with van der Waals surface area (Å²) in [5.74, 6) is -0.444. The highest BCUT2D eigenvalue weighted by molar-refractivity contribution is 7.16. The van der Waals surface area contributed by atoms with E-state index in [2.05, 4.69) is 5.32 Å². The predicted molar refractivity (Wildman–Crippen MR) is 77.5 cm³/mol. The summed E-state index contributed by atoms with van der Waals surface area (Å²) < 4.78 is 14.4. The Hall–Kier alpha value is -1.10. The molecule has 0 aliphatic carbocycles. The van der Waals surface area contributed by atoms with Crippen LogP contribution in [-0.4, -0.2) is 11.7 Å². The van der Waals surface area contributed by atoms with Crippen LogP contribution in [0.25, 0.3) is 0 Å². The molecule has 1 aromatic carbocycles. The average Bonchev–Trinajstić information content (AvgIpc) is 2.75. The third-order valence-electron chi connectivity index (χ3n) is 2.90. The first-order valence-electron chi connectivity index (χ1n) is 6.02. The van der Waals surface area contributed by atoms with Gasteiger partial charge in [-0.25, -0.2) is 4.39 Å². The SMILES string of the molecule is CC(NCCc1ccc(Cl)s1)c1ccc(O)cc1F. The zero-order valence-electron chi connectivity index (χ0n) is 10.5. The number of aromatic hydroxyl groups is 1. The van der Waals surface area contributed by atoms with Crippen LogP contribution in [0.4, 0.5) is 4.39 Å². The van der Waals surface area contributed by atoms with Gasteiger partial charge in [0.15, 0.2) is 0 Å². The Kier molecular flexibility index (Phi) is 4.80. The second-order valence-electron chi connectivity index (χ2n) is 4.34. The molecule has 0 spiro atoms. The number of phenols is 1. The molecule has 5 heteroatoms. The van der Waals surface area contributed by atoms with Crippen LogP contribution in [0.2, 0.25) is 4.34 Å². The van der Waals surface area contributed by atoms with Gasteiger partial charge >= 0.3 is 0 Å². The number of rotatable bonds is 5. The molecule has 1 aromatic heterocycles. The zero-order valence-corrected chi connectivity index (χ0v) is 12.1. The van der Waals surface area contributed by atoms with Crippen LogP contribution >= 0.6 is 22.9 Å². The van der Waals surface area contributed by atoms with E-state index >= 15 is 0 Å². The lowest BCUT2D eigenvalue weighted by Gasteiger charge is -2.14. The van der Waals surface area contributed by atoms with Gasteiger partial charge in [-0.15, -0.1) is 11.3 Å². The number of phenolic OH excluding ortho intramolecular Hbond substituents is 1. The smallest absolute Gasteiger partial charge is 0.131 e. The van der Waals surface area contributed by atoms with Crippen LogP contribution in [0.15, 0.2) is 30.3 Å². The van der Waals surface area contributed by atoms with Gasteiger partial charge in [0, 0.05) is 29.1 Å². The third kappa shape index (κ3) is 3.93. The summed E-state index contributed by atoms with van der Waals surface area (Å²) in [5.41, 5.74) is 0.557. The molecule has 2 N–H and O–H groups in total. The molecule has 19 heavy (non-hydrogen) atoms. The van der Waals surface area contributed by atoms with E-state index in [1.165, 1.54) is 10.9 Å². The van der Waals surface area contributed by atoms with Crippen molar-refractivity contribution in [2.24, 2.45) is 0 Å². The maximum absolute atomic E-state index is 13.6. The molecule has 2 rings (SSSR count). The molecule has 0 radical (unpaired) electrons. The number of thiophene rings is 1. The first-order valence-corrected chi connectivity index (χ1v) is 7.21. The molecule has 2 nitrogen and oxygen atoms in total. The monoisotopic (exact) mass is 299 g/mol. The van der Waals surface area contributed by atoms with Gasteiger partial charge in [-0.1, -0.05) is 17.7 Å². The summed E-state index contributed by atoms with van der Waals surface area (Å²) in [7, 11) is 0. The fourth-order valence-electron chi connectivity index (χ4n) is 1.88. The van der Waals surface area contributed by atoms with Crippen molar-refractivity contribution in [3.63, 3.8) is 0 Å². The van der Waals surface area contributed by atoms with E-state index in [4.69, 9.17) is 11.6 Å². The molecular weight excluding hydrogens is 285 g/mol. The van der Waals surface area contributed by atoms with Crippen LogP contribution in [0.3, 0.4) is 0 Å². The molecule has 0 aliphatic heterocycles. The Morgan fingerprint density at radius 1 is 1.37 bits per heavy atom. The number of nitrogens with one attached hydrogen (secondary N) is 1. The molecule has 0 amide bonds. The second-order valence-corrected chi connectivity index (χ2v) is 6.14. The minimum Gasteiger partial charge on any atom is -0.508 e. The van der Waals surface area contributed by atoms with Gasteiger partial charge in [0.1, 0.15) is 11.6 Å². The number of hydrogen-bond acceptors (Lipinski definition) is 3. The Labute approximate surface area is 120 Å². The molecule has 0 aliphatic rings. The molecule has 0 bridgehead atoms. The second kappa shape index (κ2) is 6.37. The van der Waals surface area contributed by atoms with Crippen LogP contribution in [-0.2, 0) is 6.42 Å². The molecule has 0 saturated heterocycles. The molecule has 102 valence electrons. The first kappa shape index (κ1) is 14.3. The summed E-state index contributed by atoms with van der Waals surface area (Å²) >= 11 is 7.42. The van der Waals surface area contributed by atoms with Gasteiger partial charge in [0.25, 0.3) is 0 Å². The van der Waals surface area contributed by atoms with Crippen molar-refractivity contribution in [3.8, 4) is 5.75 Å². The standard InChI is InChI=1S/C14H15ClFNOS/c1-9(12-4-2-10(18)8-13(12)16)17-7-6-11-3-5-14(15)19-11/h2-5,8-9,17-18H,6-7H2,1H3. The molecule has 0 saturated carbocycles. The summed E-state index contributed by atoms with van der Waals surface area (Å²) in [6.45, 7) is 2.65. The van der Waals surface area contributed by atoms with Crippen molar-refractivity contribution in [2.75, 3.05) is 6.54 Å². The predicted octanol–water partition coefficient (Wildman–Crippen LogP) is 4.14. The van der Waals surface area contributed by atoms with E-state index in [0.717, 1.165) is 23.4 Å². The minimum absolute atomic E-state index is 0.0540. The Morgan fingerprint density at radius 2 is 2.16 bits per heavy atom. The van der Waals surface area contributed by atoms with E-state index < -0.39 is 0 Å². The van der Waals surface area contributed by atoms with Gasteiger partial charge < -0.3 is 10.4 Å². The highest BCUT2D eigenvalue weighted by Crippen LogP contribution is 2.23. The molecular formula is C14H15ClFNOS. The molecule has 1 atom stereocenters. The van der Waals surface area contributed by atoms with Gasteiger partial charge in [-0.3, -0.25) is 0 Å². The minimum atomic E-state index is -0.390. The molecule has 1 unspecified atom stereocenters. The van der Waals surface area contributed by atoms with Crippen molar-refractivity contribution < 1.29 is 9.50 Å². The molecule has 2 aromatic rings. The fraction of sp³-hybridized carbons (Fsp3) is 0.286. The van der Waals surface area contributed by atoms with Crippen LogP contribution in [0.1, 0.15) is 23.4 Å². The summed E-state index contributed by atoms with van der Waals surface area (Å²) in [6.07, 6.45) is 0.863. The lowest BCUT2D eigenvalue weighted by Crippen LogP contribution is -2.21. The van der Waals surface area contributed by atoms with Crippen molar-refractivity contribution in [1.29, 1.82) is 0 Å². The van der Waals surface area contributed by atoms with E-state index in [1.807, 2.05) is 19.1 Å². The molecule has 0 fully saturated rings. The van der Waals surface area contributed by atoms with Crippen LogP contribution in [0.5, 0.6) is 5.75 Å². The van der Waals surface area contributed by atoms with Gasteiger partial charge in [-0.05, 0) is 31.5 Å². The van der Waals surface area contributed by atoms with E-state index in [1.54, 1.807) is 17.4 Å². The Balaban J connectivity index is 1.88. The van der Waals surface area contributed by atoms with E-state index in [0.29, 0.717) is 5.56 Å². The normalized spacial score (nSPS) is 12.6. The summed E-state index contributed by atoms with van der Waals surface area (Å²) in [5, 5.41) is 12.4. The number of halogens is 2. The Morgan fingerprint density at radius 3 is 2.79 bits per heavy atom. The van der Waals surface area contributed by atoms with Crippen molar-refractivity contribution >= 4 is 22.9 Å². The molecule has 1 heterocycles. The van der Waals surface area contributed by atoms with Gasteiger partial charge in [0.05, 0.1) is 4.34 Å². The highest BCUT2D eigenvalue weighted by Gasteiger charge is 2.10. The van der Waals surface area contributed by atoms with Crippen LogP contribution < -0.4 is 5.32 Å². The van der Waals surface area contributed by atoms with Crippen molar-refractivity contribution in [1.82, 2.24) is 5.32 Å². The third-order valence-corrected chi connectivity index (χ3v) is 4.19. The Bertz CT molecular complexity index is 558. The average molecular weight is 300 g/mol. The van der Waals surface area contributed by atoms with Gasteiger partial charge in [0.2, 0.25) is 0 Å². The van der Waals surface area contributed by atoms with Crippen LogP contribution in [0, 0.1) is 5.82 Å².